The molecule has 0 radical (unpaired) electrons. The molecule has 2 aromatic heterocycles. The Morgan fingerprint density at radius 1 is 1.09 bits per heavy atom. The molecule has 1 amide bonds. The first-order chi connectivity index (χ1) is 16.0. The Morgan fingerprint density at radius 3 is 2.64 bits per heavy atom. The predicted octanol–water partition coefficient (Wildman–Crippen LogP) is 4.60. The number of azo groups is 1. The third kappa shape index (κ3) is 3.11. The van der Waals surface area contributed by atoms with Crippen LogP contribution in [0.4, 0.5) is 5.69 Å². The molecule has 166 valence electrons. The fourth-order valence-electron chi connectivity index (χ4n) is 3.89. The molecule has 5 rings (SSSR count). The Balaban J connectivity index is 1.65. The van der Waals surface area contributed by atoms with Gasteiger partial charge in [0, 0.05) is 10.9 Å². The summed E-state index contributed by atoms with van der Waals surface area (Å²) in [5, 5.41) is 19.2. The Labute approximate surface area is 186 Å². The normalized spacial score (nSPS) is 15.1. The Hall–Kier alpha value is -4.60. The van der Waals surface area contributed by atoms with Crippen LogP contribution in [-0.4, -0.2) is 35.8 Å². The van der Waals surface area contributed by atoms with Crippen molar-refractivity contribution >= 4 is 28.5 Å². The fourth-order valence-corrected chi connectivity index (χ4v) is 3.89. The van der Waals surface area contributed by atoms with E-state index < -0.39 is 18.1 Å². The number of ether oxygens (including phenoxy) is 3. The number of aromatic nitrogens is 1. The summed E-state index contributed by atoms with van der Waals surface area (Å²) in [5.41, 5.74) is 1.25. The molecule has 0 fully saturated rings. The molecule has 10 nitrogen and oxygen atoms in total. The van der Waals surface area contributed by atoms with Crippen molar-refractivity contribution in [3.8, 4) is 17.4 Å². The van der Waals surface area contributed by atoms with Gasteiger partial charge in [-0.05, 0) is 30.3 Å². The maximum atomic E-state index is 12.7. The van der Waals surface area contributed by atoms with Crippen LogP contribution in [0.1, 0.15) is 32.7 Å². The molecule has 0 spiro atoms. The zero-order chi connectivity index (χ0) is 23.1. The summed E-state index contributed by atoms with van der Waals surface area (Å²) in [4.78, 5) is 24.9. The predicted molar refractivity (Wildman–Crippen MR) is 114 cm³/mol. The second kappa shape index (κ2) is 7.83. The van der Waals surface area contributed by atoms with E-state index in [9.17, 15) is 14.7 Å². The highest BCUT2D eigenvalue weighted by molar-refractivity contribution is 6.00. The minimum atomic E-state index is -0.998. The molecular weight excluding hydrogens is 430 g/mol. The number of benzene rings is 2. The molecule has 33 heavy (non-hydrogen) atoms. The highest BCUT2D eigenvalue weighted by Gasteiger charge is 2.39. The van der Waals surface area contributed by atoms with Crippen molar-refractivity contribution in [1.82, 2.24) is 4.57 Å². The van der Waals surface area contributed by atoms with E-state index in [1.165, 1.54) is 31.1 Å². The quantitative estimate of drug-likeness (QED) is 0.350. The number of methoxy groups -OCH3 is 2. The van der Waals surface area contributed by atoms with Gasteiger partial charge in [-0.25, -0.2) is 4.79 Å². The molecule has 10 heteroatoms. The molecule has 1 N–H and O–H groups in total. The molecule has 3 heterocycles. The van der Waals surface area contributed by atoms with E-state index in [1.54, 1.807) is 42.5 Å². The van der Waals surface area contributed by atoms with Crippen molar-refractivity contribution in [3.63, 3.8) is 0 Å². The number of fused-ring (bicyclic) bond motifs is 2. The average molecular weight is 447 g/mol. The summed E-state index contributed by atoms with van der Waals surface area (Å²) in [7, 11) is 2.89. The number of esters is 1. The number of rotatable bonds is 5. The van der Waals surface area contributed by atoms with Crippen LogP contribution in [0, 0.1) is 0 Å². The summed E-state index contributed by atoms with van der Waals surface area (Å²) in [6, 6.07) is 13.3. The van der Waals surface area contributed by atoms with Crippen molar-refractivity contribution in [1.29, 1.82) is 0 Å². The molecule has 0 unspecified atom stereocenters. The van der Waals surface area contributed by atoms with Gasteiger partial charge >= 0.3 is 11.9 Å². The van der Waals surface area contributed by atoms with Gasteiger partial charge in [-0.3, -0.25) is 9.36 Å². The minimum absolute atomic E-state index is 0.0154. The molecule has 1 aliphatic heterocycles. The zero-order valence-corrected chi connectivity index (χ0v) is 17.5. The lowest BCUT2D eigenvalue weighted by Crippen LogP contribution is -2.09. The number of nitrogens with zero attached hydrogens (tertiary/aromatic N) is 3. The van der Waals surface area contributed by atoms with Crippen molar-refractivity contribution in [2.24, 2.45) is 10.2 Å². The van der Waals surface area contributed by atoms with Gasteiger partial charge in [0.05, 0.1) is 26.0 Å². The summed E-state index contributed by atoms with van der Waals surface area (Å²) >= 11 is 0. The van der Waals surface area contributed by atoms with Gasteiger partial charge in [0.15, 0.2) is 22.9 Å². The van der Waals surface area contributed by atoms with Gasteiger partial charge in [0.1, 0.15) is 5.56 Å². The van der Waals surface area contributed by atoms with Gasteiger partial charge in [-0.15, -0.1) is 10.2 Å². The highest BCUT2D eigenvalue weighted by atomic mass is 16.6. The number of aromatic hydroxyl groups is 1. The van der Waals surface area contributed by atoms with E-state index in [4.69, 9.17) is 18.6 Å². The summed E-state index contributed by atoms with van der Waals surface area (Å²) in [6.07, 6.45) is 0.350. The maximum absolute atomic E-state index is 12.7. The Morgan fingerprint density at radius 2 is 1.91 bits per heavy atom. The number of carbonyl (C=O) groups is 2. The van der Waals surface area contributed by atoms with Crippen LogP contribution in [0.5, 0.6) is 17.4 Å². The lowest BCUT2D eigenvalue weighted by atomic mass is 10.1. The molecule has 1 atom stereocenters. The van der Waals surface area contributed by atoms with Crippen LogP contribution < -0.4 is 9.47 Å². The molecule has 0 bridgehead atoms. The second-order valence-corrected chi connectivity index (χ2v) is 7.06. The molecule has 0 saturated heterocycles. The molecule has 2 aromatic carbocycles. The highest BCUT2D eigenvalue weighted by Crippen LogP contribution is 2.48. The Kier molecular flexibility index (Phi) is 4.82. The third-order valence-corrected chi connectivity index (χ3v) is 5.33. The van der Waals surface area contributed by atoms with E-state index >= 15 is 0 Å². The van der Waals surface area contributed by atoms with Crippen LogP contribution in [0.25, 0.3) is 10.9 Å². The fraction of sp³-hybridized carbons (Fsp3) is 0.130. The molecule has 4 aromatic rings. The van der Waals surface area contributed by atoms with Crippen molar-refractivity contribution in [3.05, 3.63) is 71.7 Å². The Bertz CT molecular complexity index is 1420. The van der Waals surface area contributed by atoms with Gasteiger partial charge in [-0.1, -0.05) is 18.2 Å². The average Bonchev–Trinajstić information content (AvgIpc) is 3.54. The monoisotopic (exact) mass is 447 g/mol. The SMILES string of the molecule is COc1ccc2c(c1OC)C(=O)O[C@@H]2n1c(O)c(N=NC(=O)c2ccco2)c2ccccc21. The van der Waals surface area contributed by atoms with Crippen LogP contribution in [0.2, 0.25) is 0 Å². The summed E-state index contributed by atoms with van der Waals surface area (Å²) in [6.45, 7) is 0. The van der Waals surface area contributed by atoms with E-state index in [-0.39, 0.29) is 28.6 Å². The number of amides is 1. The van der Waals surface area contributed by atoms with Gasteiger partial charge in [0.2, 0.25) is 12.1 Å². The summed E-state index contributed by atoms with van der Waals surface area (Å²) < 4.78 is 22.7. The molecule has 1 aliphatic rings. The first-order valence-electron chi connectivity index (χ1n) is 9.82. The molecule has 0 aliphatic carbocycles. The first kappa shape index (κ1) is 20.3. The van der Waals surface area contributed by atoms with E-state index in [0.29, 0.717) is 22.2 Å². The minimum Gasteiger partial charge on any atom is -0.493 e. The van der Waals surface area contributed by atoms with Gasteiger partial charge in [0.25, 0.3) is 0 Å². The van der Waals surface area contributed by atoms with Crippen molar-refractivity contribution in [2.45, 2.75) is 6.23 Å². The number of hydrogen-bond donors (Lipinski definition) is 1. The lowest BCUT2D eigenvalue weighted by Gasteiger charge is -2.16. The topological polar surface area (TPSA) is 125 Å². The number of cyclic esters (lactones) is 1. The zero-order valence-electron chi connectivity index (χ0n) is 17.5. The van der Waals surface area contributed by atoms with Crippen LogP contribution in [-0.2, 0) is 4.74 Å². The molecule has 0 saturated carbocycles. The smallest absolute Gasteiger partial charge is 0.344 e. The second-order valence-electron chi connectivity index (χ2n) is 7.06. The van der Waals surface area contributed by atoms with E-state index in [2.05, 4.69) is 10.2 Å². The number of para-hydroxylation sites is 1. The summed E-state index contributed by atoms with van der Waals surface area (Å²) in [5.74, 6) is -1.03. The lowest BCUT2D eigenvalue weighted by molar-refractivity contribution is 0.0316. The van der Waals surface area contributed by atoms with Crippen LogP contribution >= 0.6 is 0 Å². The standard InChI is InChI=1S/C23H17N3O7/c1-30-15-10-9-13-17(19(15)31-2)23(29)33-22(13)26-14-7-4-3-6-12(14)18(21(26)28)24-25-20(27)16-8-5-11-32-16/h3-11,22,28H,1-2H3/t22-/m0/s1. The van der Waals surface area contributed by atoms with E-state index in [1.807, 2.05) is 0 Å². The van der Waals surface area contributed by atoms with E-state index in [0.717, 1.165) is 0 Å². The van der Waals surface area contributed by atoms with Gasteiger partial charge < -0.3 is 23.7 Å². The largest absolute Gasteiger partial charge is 0.493 e. The van der Waals surface area contributed by atoms with Crippen molar-refractivity contribution in [2.75, 3.05) is 14.2 Å². The molecular formula is C23H17N3O7. The van der Waals surface area contributed by atoms with Crippen LogP contribution in [0.3, 0.4) is 0 Å². The number of carbonyl (C=O) groups excluding carboxylic acids is 2. The van der Waals surface area contributed by atoms with Gasteiger partial charge in [-0.2, -0.15) is 0 Å². The van der Waals surface area contributed by atoms with Crippen molar-refractivity contribution < 1.29 is 33.3 Å². The third-order valence-electron chi connectivity index (χ3n) is 5.33. The maximum Gasteiger partial charge on any atom is 0.344 e. The first-order valence-corrected chi connectivity index (χ1v) is 9.82. The number of furan rings is 1. The van der Waals surface area contributed by atoms with Crippen LogP contribution in [0.15, 0.2) is 69.4 Å². The number of hydrogen-bond acceptors (Lipinski definition) is 8.